The van der Waals surface area contributed by atoms with Gasteiger partial charge in [0.1, 0.15) is 24.2 Å². The molecular formula is C35H37ClFN3O7S. The maximum absolute atomic E-state index is 15.1. The zero-order chi connectivity index (χ0) is 34.8. The quantitative estimate of drug-likeness (QED) is 0.175. The van der Waals surface area contributed by atoms with E-state index in [-0.39, 0.29) is 52.2 Å². The number of ether oxygens (including phenoxy) is 3. The second-order valence-corrected chi connectivity index (χ2v) is 12.9. The van der Waals surface area contributed by atoms with Crippen molar-refractivity contribution in [2.24, 2.45) is 0 Å². The summed E-state index contributed by atoms with van der Waals surface area (Å²) in [5.74, 6) is -1.31. The Morgan fingerprint density at radius 3 is 2.15 bits per heavy atom. The summed E-state index contributed by atoms with van der Waals surface area (Å²) in [6.45, 7) is 0.887. The Balaban J connectivity index is 1.88. The summed E-state index contributed by atoms with van der Waals surface area (Å²) < 4.78 is 61.0. The van der Waals surface area contributed by atoms with E-state index in [2.05, 4.69) is 5.32 Å². The Hall–Kier alpha value is -4.81. The molecule has 10 nitrogen and oxygen atoms in total. The van der Waals surface area contributed by atoms with Crippen molar-refractivity contribution in [3.8, 4) is 17.2 Å². The van der Waals surface area contributed by atoms with E-state index in [4.69, 9.17) is 25.8 Å². The molecule has 1 atom stereocenters. The van der Waals surface area contributed by atoms with Crippen molar-refractivity contribution in [2.45, 2.75) is 30.8 Å². The highest BCUT2D eigenvalue weighted by Gasteiger charge is 2.36. The van der Waals surface area contributed by atoms with Crippen molar-refractivity contribution in [2.75, 3.05) is 38.7 Å². The first kappa shape index (κ1) is 36.0. The third-order valence-corrected chi connectivity index (χ3v) is 9.54. The lowest BCUT2D eigenvalue weighted by Crippen LogP contribution is -2.53. The molecule has 0 heterocycles. The first-order valence-electron chi connectivity index (χ1n) is 15.0. The summed E-state index contributed by atoms with van der Waals surface area (Å²) in [5, 5.41) is 2.95. The number of nitrogens with zero attached hydrogens (tertiary/aromatic N) is 2. The Morgan fingerprint density at radius 1 is 0.854 bits per heavy atom. The van der Waals surface area contributed by atoms with E-state index in [9.17, 15) is 18.0 Å². The molecule has 1 N–H and O–H groups in total. The van der Waals surface area contributed by atoms with Gasteiger partial charge in [0, 0.05) is 36.2 Å². The number of hydrogen-bond donors (Lipinski definition) is 1. The Morgan fingerprint density at radius 2 is 1.50 bits per heavy atom. The highest BCUT2D eigenvalue weighted by Crippen LogP contribution is 2.37. The van der Waals surface area contributed by atoms with E-state index in [1.807, 2.05) is 18.2 Å². The molecule has 0 unspecified atom stereocenters. The van der Waals surface area contributed by atoms with Gasteiger partial charge >= 0.3 is 0 Å². The Labute approximate surface area is 285 Å². The van der Waals surface area contributed by atoms with Crippen LogP contribution in [0.4, 0.5) is 10.1 Å². The number of anilines is 1. The number of carbonyl (C=O) groups is 2. The molecule has 4 rings (SSSR count). The molecule has 0 fully saturated rings. The molecule has 254 valence electrons. The summed E-state index contributed by atoms with van der Waals surface area (Å²) in [4.78, 5) is 29.2. The van der Waals surface area contributed by atoms with Gasteiger partial charge in [-0.05, 0) is 48.9 Å². The van der Waals surface area contributed by atoms with Gasteiger partial charge in [-0.25, -0.2) is 12.8 Å². The maximum Gasteiger partial charge on any atom is 0.265 e. The van der Waals surface area contributed by atoms with Crippen molar-refractivity contribution in [3.05, 3.63) is 113 Å². The molecule has 0 aromatic heterocycles. The molecule has 0 bridgehead atoms. The molecule has 4 aromatic rings. The van der Waals surface area contributed by atoms with Crippen molar-refractivity contribution in [3.63, 3.8) is 0 Å². The van der Waals surface area contributed by atoms with Crippen LogP contribution in [0.3, 0.4) is 0 Å². The lowest BCUT2D eigenvalue weighted by molar-refractivity contribution is -0.140. The van der Waals surface area contributed by atoms with Crippen LogP contribution in [-0.2, 0) is 32.6 Å². The van der Waals surface area contributed by atoms with Gasteiger partial charge in [0.25, 0.3) is 10.0 Å². The molecular weight excluding hydrogens is 661 g/mol. The lowest BCUT2D eigenvalue weighted by atomic mass is 10.0. The average molecular weight is 698 g/mol. The minimum absolute atomic E-state index is 0.0309. The lowest BCUT2D eigenvalue weighted by Gasteiger charge is -2.34. The SMILES string of the molecule is CCNC(=O)[C@@H](Cc1ccccc1)N(Cc1ccccc1F)C(=O)CN(c1cc(Cl)ccc1OC)S(=O)(=O)c1ccc(OC)c(OC)c1. The third kappa shape index (κ3) is 8.36. The summed E-state index contributed by atoms with van der Waals surface area (Å²) in [7, 11) is -0.416. The fourth-order valence-corrected chi connectivity index (χ4v) is 6.73. The average Bonchev–Trinajstić information content (AvgIpc) is 3.09. The number of carbonyl (C=O) groups excluding carboxylic acids is 2. The highest BCUT2D eigenvalue weighted by atomic mass is 35.5. The standard InChI is InChI=1S/C35H37ClFN3O7S/c1-5-38-35(42)30(19-24-11-7-6-8-12-24)39(22-25-13-9-10-14-28(25)37)34(41)23-40(29-20-26(36)15-17-31(29)45-2)48(43,44)27-16-18-32(46-3)33(21-27)47-4/h6-18,20-21,30H,5,19,22-23H2,1-4H3,(H,38,42)/t30-/m1/s1. The van der Waals surface area contributed by atoms with Gasteiger partial charge in [-0.2, -0.15) is 0 Å². The minimum atomic E-state index is -4.55. The Kier molecular flexibility index (Phi) is 12.3. The van der Waals surface area contributed by atoms with Gasteiger partial charge in [0.2, 0.25) is 11.8 Å². The summed E-state index contributed by atoms with van der Waals surface area (Å²) in [5.41, 5.74) is 0.853. The smallest absolute Gasteiger partial charge is 0.265 e. The molecule has 0 radical (unpaired) electrons. The molecule has 13 heteroatoms. The van der Waals surface area contributed by atoms with E-state index in [1.165, 1.54) is 80.8 Å². The number of sulfonamides is 1. The van der Waals surface area contributed by atoms with Crippen LogP contribution in [0.1, 0.15) is 18.1 Å². The van der Waals surface area contributed by atoms with Gasteiger partial charge < -0.3 is 24.4 Å². The zero-order valence-corrected chi connectivity index (χ0v) is 28.6. The minimum Gasteiger partial charge on any atom is -0.495 e. The summed E-state index contributed by atoms with van der Waals surface area (Å²) in [6.07, 6.45) is 0.0791. The van der Waals surface area contributed by atoms with E-state index >= 15 is 4.39 Å². The summed E-state index contributed by atoms with van der Waals surface area (Å²) in [6, 6.07) is 22.2. The largest absolute Gasteiger partial charge is 0.495 e. The van der Waals surface area contributed by atoms with E-state index in [1.54, 1.807) is 25.1 Å². The second kappa shape index (κ2) is 16.3. The van der Waals surface area contributed by atoms with Crippen LogP contribution in [0, 0.1) is 5.82 Å². The van der Waals surface area contributed by atoms with Crippen molar-refractivity contribution >= 4 is 39.1 Å². The number of amides is 2. The summed E-state index contributed by atoms with van der Waals surface area (Å²) >= 11 is 6.34. The Bertz CT molecular complexity index is 1840. The molecule has 0 aliphatic rings. The van der Waals surface area contributed by atoms with E-state index < -0.39 is 40.2 Å². The van der Waals surface area contributed by atoms with Crippen LogP contribution in [0.25, 0.3) is 0 Å². The van der Waals surface area contributed by atoms with Crippen molar-refractivity contribution < 1.29 is 36.6 Å². The molecule has 48 heavy (non-hydrogen) atoms. The van der Waals surface area contributed by atoms with Gasteiger partial charge in [-0.3, -0.25) is 13.9 Å². The van der Waals surface area contributed by atoms with E-state index in [0.29, 0.717) is 5.75 Å². The maximum atomic E-state index is 15.1. The van der Waals surface area contributed by atoms with Crippen LogP contribution in [0.15, 0.2) is 95.9 Å². The molecule has 0 saturated carbocycles. The van der Waals surface area contributed by atoms with Crippen LogP contribution >= 0.6 is 11.6 Å². The first-order valence-corrected chi connectivity index (χ1v) is 16.8. The van der Waals surface area contributed by atoms with Crippen LogP contribution in [-0.4, -0.2) is 65.6 Å². The van der Waals surface area contributed by atoms with Crippen molar-refractivity contribution in [1.29, 1.82) is 0 Å². The third-order valence-electron chi connectivity index (χ3n) is 7.55. The number of nitrogens with one attached hydrogen (secondary N) is 1. The van der Waals surface area contributed by atoms with Crippen LogP contribution in [0.2, 0.25) is 5.02 Å². The highest BCUT2D eigenvalue weighted by molar-refractivity contribution is 7.92. The van der Waals surface area contributed by atoms with Gasteiger partial charge in [0.15, 0.2) is 11.5 Å². The fourth-order valence-electron chi connectivity index (χ4n) is 5.13. The normalized spacial score (nSPS) is 11.7. The molecule has 0 aliphatic carbocycles. The fraction of sp³-hybridized carbons (Fsp3) is 0.257. The number of methoxy groups -OCH3 is 3. The van der Waals surface area contributed by atoms with Crippen LogP contribution in [0.5, 0.6) is 17.2 Å². The topological polar surface area (TPSA) is 114 Å². The molecule has 0 spiro atoms. The first-order chi connectivity index (χ1) is 23.0. The molecule has 0 aliphatic heterocycles. The number of hydrogen-bond acceptors (Lipinski definition) is 7. The number of benzene rings is 4. The van der Waals surface area contributed by atoms with Crippen LogP contribution < -0.4 is 23.8 Å². The van der Waals surface area contributed by atoms with Gasteiger partial charge in [-0.15, -0.1) is 0 Å². The molecule has 2 amide bonds. The monoisotopic (exact) mass is 697 g/mol. The number of rotatable bonds is 15. The van der Waals surface area contributed by atoms with E-state index in [0.717, 1.165) is 9.87 Å². The predicted octanol–water partition coefficient (Wildman–Crippen LogP) is 5.48. The molecule has 0 saturated heterocycles. The number of likely N-dealkylation sites (N-methyl/N-ethyl adjacent to an activating group) is 1. The molecule has 4 aromatic carbocycles. The second-order valence-electron chi connectivity index (χ2n) is 10.6. The predicted molar refractivity (Wildman–Crippen MR) is 182 cm³/mol. The number of halogens is 2. The zero-order valence-electron chi connectivity index (χ0n) is 27.0. The van der Waals surface area contributed by atoms with Gasteiger partial charge in [0.05, 0.1) is 31.9 Å². The van der Waals surface area contributed by atoms with Crippen molar-refractivity contribution in [1.82, 2.24) is 10.2 Å². The van der Waals surface area contributed by atoms with Gasteiger partial charge in [-0.1, -0.05) is 60.1 Å².